The first-order valence-electron chi connectivity index (χ1n) is 6.22. The second kappa shape index (κ2) is 7.31. The summed E-state index contributed by atoms with van der Waals surface area (Å²) in [5.41, 5.74) is -1.05. The van der Waals surface area contributed by atoms with Crippen molar-refractivity contribution in [1.29, 1.82) is 0 Å². The Morgan fingerprint density at radius 2 is 1.90 bits per heavy atom. The van der Waals surface area contributed by atoms with E-state index in [4.69, 9.17) is 14.2 Å². The first kappa shape index (κ1) is 17.3. The monoisotopic (exact) mass is 317 g/mol. The smallest absolute Gasteiger partial charge is 0.342 e. The number of aromatic carboxylic acids is 1. The molecule has 0 bridgehead atoms. The van der Waals surface area contributed by atoms with Crippen LogP contribution in [0.4, 0.5) is 5.69 Å². The van der Waals surface area contributed by atoms with E-state index in [2.05, 4.69) is 0 Å². The number of nitro groups is 1. The molecule has 0 amide bonds. The summed E-state index contributed by atoms with van der Waals surface area (Å²) in [7, 11) is -3.56. The van der Waals surface area contributed by atoms with E-state index < -0.39 is 29.7 Å². The van der Waals surface area contributed by atoms with Crippen molar-refractivity contribution >= 4 is 19.3 Å². The van der Waals surface area contributed by atoms with Gasteiger partial charge in [-0.1, -0.05) is 12.1 Å². The normalized spacial score (nSPS) is 11.3. The number of carboxylic acids is 1. The van der Waals surface area contributed by atoms with Crippen LogP contribution in [0.3, 0.4) is 0 Å². The van der Waals surface area contributed by atoms with Crippen molar-refractivity contribution in [3.8, 4) is 0 Å². The number of nitrogens with zero attached hydrogens (tertiary/aromatic N) is 1. The highest BCUT2D eigenvalue weighted by Crippen LogP contribution is 2.52. The molecule has 0 aromatic heterocycles. The van der Waals surface area contributed by atoms with Gasteiger partial charge in [0.1, 0.15) is 5.56 Å². The van der Waals surface area contributed by atoms with Gasteiger partial charge < -0.3 is 14.2 Å². The fraction of sp³-hybridized carbons (Fsp3) is 0.417. The quantitative estimate of drug-likeness (QED) is 0.445. The van der Waals surface area contributed by atoms with Gasteiger partial charge in [-0.05, 0) is 19.9 Å². The zero-order chi connectivity index (χ0) is 16.0. The number of benzene rings is 1. The lowest BCUT2D eigenvalue weighted by atomic mass is 10.1. The van der Waals surface area contributed by atoms with Gasteiger partial charge in [-0.3, -0.25) is 14.7 Å². The fourth-order valence-corrected chi connectivity index (χ4v) is 3.55. The van der Waals surface area contributed by atoms with Gasteiger partial charge in [0.2, 0.25) is 0 Å². The second-order valence-corrected chi connectivity index (χ2v) is 6.03. The molecule has 0 heterocycles. The van der Waals surface area contributed by atoms with E-state index >= 15 is 0 Å². The maximum absolute atomic E-state index is 12.4. The Morgan fingerprint density at radius 1 is 1.33 bits per heavy atom. The van der Waals surface area contributed by atoms with Gasteiger partial charge in [-0.25, -0.2) is 4.79 Å². The molecule has 1 N–H and O–H groups in total. The molecular formula is C12H16NO7P. The van der Waals surface area contributed by atoms with Crippen molar-refractivity contribution < 1.29 is 28.4 Å². The number of hydrogen-bond acceptors (Lipinski definition) is 6. The van der Waals surface area contributed by atoms with Crippen molar-refractivity contribution in [1.82, 2.24) is 0 Å². The summed E-state index contributed by atoms with van der Waals surface area (Å²) in [4.78, 5) is 21.4. The fourth-order valence-electron chi connectivity index (χ4n) is 1.84. The number of rotatable bonds is 8. The van der Waals surface area contributed by atoms with Crippen molar-refractivity contribution in [2.45, 2.75) is 20.0 Å². The summed E-state index contributed by atoms with van der Waals surface area (Å²) in [5, 5.41) is 20.1. The predicted octanol–water partition coefficient (Wildman–Crippen LogP) is 3.06. The molecule has 0 aliphatic heterocycles. The van der Waals surface area contributed by atoms with E-state index in [0.717, 1.165) is 6.07 Å². The van der Waals surface area contributed by atoms with Crippen LogP contribution < -0.4 is 0 Å². The van der Waals surface area contributed by atoms with Crippen LogP contribution in [0.25, 0.3) is 0 Å². The minimum absolute atomic E-state index is 0.00475. The Kier molecular flexibility index (Phi) is 6.02. The maximum Gasteiger partial charge on any atom is 0.342 e. The van der Waals surface area contributed by atoms with Gasteiger partial charge in [-0.2, -0.15) is 0 Å². The molecule has 1 aromatic rings. The van der Waals surface area contributed by atoms with Crippen LogP contribution in [-0.4, -0.2) is 29.2 Å². The Morgan fingerprint density at radius 3 is 2.33 bits per heavy atom. The highest BCUT2D eigenvalue weighted by Gasteiger charge is 2.31. The average molecular weight is 317 g/mol. The van der Waals surface area contributed by atoms with E-state index in [1.165, 1.54) is 12.1 Å². The molecule has 8 nitrogen and oxygen atoms in total. The summed E-state index contributed by atoms with van der Waals surface area (Å²) in [6.07, 6.45) is -0.355. The standard InChI is InChI=1S/C12H16NO7P/c1-3-19-21(18,20-4-2)8-9-6-5-7-10(12(14)15)11(9)13(16)17/h5-7H,3-4,8H2,1-2H3,(H,14,15). The molecule has 0 saturated heterocycles. The molecule has 0 saturated carbocycles. The third kappa shape index (κ3) is 4.35. The zero-order valence-corrected chi connectivity index (χ0v) is 12.5. The number of nitro benzene ring substituents is 1. The van der Waals surface area contributed by atoms with E-state index in [9.17, 15) is 19.5 Å². The average Bonchev–Trinajstić information content (AvgIpc) is 2.38. The van der Waals surface area contributed by atoms with Crippen LogP contribution in [-0.2, 0) is 19.8 Å². The first-order valence-corrected chi connectivity index (χ1v) is 7.95. The number of carboxylic acid groups (broad SMARTS) is 1. The number of para-hydroxylation sites is 1. The van der Waals surface area contributed by atoms with Gasteiger partial charge in [0.15, 0.2) is 0 Å². The molecule has 0 unspecified atom stereocenters. The van der Waals surface area contributed by atoms with Gasteiger partial charge >= 0.3 is 13.6 Å². The molecule has 0 aliphatic carbocycles. The molecule has 1 rings (SSSR count). The van der Waals surface area contributed by atoms with Crippen LogP contribution in [0.1, 0.15) is 29.8 Å². The first-order chi connectivity index (χ1) is 9.84. The van der Waals surface area contributed by atoms with Gasteiger partial charge in [0, 0.05) is 5.56 Å². The minimum atomic E-state index is -3.56. The van der Waals surface area contributed by atoms with Crippen LogP contribution in [0.5, 0.6) is 0 Å². The predicted molar refractivity (Wildman–Crippen MR) is 74.6 cm³/mol. The molecule has 0 spiro atoms. The Balaban J connectivity index is 3.30. The summed E-state index contributed by atoms with van der Waals surface area (Å²) in [6, 6.07) is 3.82. The van der Waals surface area contributed by atoms with E-state index in [0.29, 0.717) is 0 Å². The second-order valence-electron chi connectivity index (χ2n) is 3.98. The van der Waals surface area contributed by atoms with E-state index in [1.54, 1.807) is 13.8 Å². The number of carbonyl (C=O) groups is 1. The maximum atomic E-state index is 12.4. The molecule has 0 radical (unpaired) electrons. The van der Waals surface area contributed by atoms with Crippen LogP contribution in [0.2, 0.25) is 0 Å². The zero-order valence-electron chi connectivity index (χ0n) is 11.6. The van der Waals surface area contributed by atoms with Crippen molar-refractivity contribution in [2.75, 3.05) is 13.2 Å². The van der Waals surface area contributed by atoms with E-state index in [1.807, 2.05) is 0 Å². The SMILES string of the molecule is CCOP(=O)(Cc1cccc(C(=O)O)c1[N+](=O)[O-])OCC. The summed E-state index contributed by atoms with van der Waals surface area (Å²) in [6.45, 7) is 3.47. The topological polar surface area (TPSA) is 116 Å². The summed E-state index contributed by atoms with van der Waals surface area (Å²) in [5.74, 6) is -1.42. The lowest BCUT2D eigenvalue weighted by molar-refractivity contribution is -0.385. The Hall–Kier alpha value is -1.76. The van der Waals surface area contributed by atoms with E-state index in [-0.39, 0.29) is 24.9 Å². The lowest BCUT2D eigenvalue weighted by Gasteiger charge is -2.17. The lowest BCUT2D eigenvalue weighted by Crippen LogP contribution is -2.07. The Bertz CT molecular complexity index is 577. The minimum Gasteiger partial charge on any atom is -0.477 e. The highest BCUT2D eigenvalue weighted by molar-refractivity contribution is 7.53. The highest BCUT2D eigenvalue weighted by atomic mass is 31.2. The molecule has 21 heavy (non-hydrogen) atoms. The number of hydrogen-bond donors (Lipinski definition) is 1. The molecule has 9 heteroatoms. The molecule has 0 fully saturated rings. The van der Waals surface area contributed by atoms with Gasteiger partial charge in [-0.15, -0.1) is 0 Å². The van der Waals surface area contributed by atoms with Crippen molar-refractivity contribution in [2.24, 2.45) is 0 Å². The van der Waals surface area contributed by atoms with Crippen molar-refractivity contribution in [3.05, 3.63) is 39.4 Å². The van der Waals surface area contributed by atoms with Crippen LogP contribution >= 0.6 is 7.60 Å². The Labute approximate surface area is 121 Å². The van der Waals surface area contributed by atoms with Crippen molar-refractivity contribution in [3.63, 3.8) is 0 Å². The molecular weight excluding hydrogens is 301 g/mol. The molecule has 0 atom stereocenters. The van der Waals surface area contributed by atoms with Crippen LogP contribution in [0, 0.1) is 10.1 Å². The molecule has 1 aromatic carbocycles. The third-order valence-electron chi connectivity index (χ3n) is 2.55. The third-order valence-corrected chi connectivity index (χ3v) is 4.58. The molecule has 116 valence electrons. The van der Waals surface area contributed by atoms with Crippen LogP contribution in [0.15, 0.2) is 18.2 Å². The largest absolute Gasteiger partial charge is 0.477 e. The molecule has 0 aliphatic rings. The van der Waals surface area contributed by atoms with Gasteiger partial charge in [0.05, 0.1) is 24.3 Å². The van der Waals surface area contributed by atoms with Gasteiger partial charge in [0.25, 0.3) is 5.69 Å². The summed E-state index contributed by atoms with van der Waals surface area (Å²) >= 11 is 0. The summed E-state index contributed by atoms with van der Waals surface area (Å²) < 4.78 is 22.6.